The maximum atomic E-state index is 12.3. The van der Waals surface area contributed by atoms with Gasteiger partial charge in [-0.15, -0.1) is 11.3 Å². The number of carbonyl (C=O) groups excluding carboxylic acids is 1. The Morgan fingerprint density at radius 3 is 2.29 bits per heavy atom. The first-order chi connectivity index (χ1) is 11.1. The Hall–Kier alpha value is -1.38. The van der Waals surface area contributed by atoms with Crippen molar-refractivity contribution in [2.45, 2.75) is 36.9 Å². The van der Waals surface area contributed by atoms with E-state index in [-0.39, 0.29) is 15.7 Å². The van der Waals surface area contributed by atoms with Gasteiger partial charge in [0, 0.05) is 16.8 Å². The molecule has 1 amide bonds. The quantitative estimate of drug-likeness (QED) is 0.719. The molecule has 0 atom stereocenters. The molecule has 0 unspecified atom stereocenters. The molecule has 2 rings (SSSR count). The number of sulfonamides is 1. The maximum Gasteiger partial charge on any atom is 0.271 e. The minimum Gasteiger partial charge on any atom is -0.347 e. The van der Waals surface area contributed by atoms with Gasteiger partial charge >= 0.3 is 0 Å². The molecule has 130 valence electrons. The number of carbonyl (C=O) groups is 1. The van der Waals surface area contributed by atoms with Gasteiger partial charge in [-0.25, -0.2) is 8.42 Å². The van der Waals surface area contributed by atoms with E-state index in [1.807, 2.05) is 20.8 Å². The summed E-state index contributed by atoms with van der Waals surface area (Å²) in [4.78, 5) is 12.2. The maximum absolute atomic E-state index is 12.3. The minimum atomic E-state index is -3.62. The van der Waals surface area contributed by atoms with Gasteiger partial charge in [0.2, 0.25) is 0 Å². The van der Waals surface area contributed by atoms with Crippen molar-refractivity contribution in [3.63, 3.8) is 0 Å². The van der Waals surface area contributed by atoms with Crippen LogP contribution in [0.1, 0.15) is 37.6 Å². The molecule has 0 saturated heterocycles. The third-order valence-electron chi connectivity index (χ3n) is 3.55. The molecule has 24 heavy (non-hydrogen) atoms. The van der Waals surface area contributed by atoms with Crippen molar-refractivity contribution in [1.29, 1.82) is 0 Å². The average molecular weight is 431 g/mol. The number of nitrogens with one attached hydrogen (secondary N) is 2. The van der Waals surface area contributed by atoms with Crippen LogP contribution in [0.15, 0.2) is 44.4 Å². The van der Waals surface area contributed by atoms with Crippen LogP contribution >= 0.6 is 27.3 Å². The van der Waals surface area contributed by atoms with Crippen molar-refractivity contribution in [2.24, 2.45) is 0 Å². The van der Waals surface area contributed by atoms with Gasteiger partial charge in [-0.2, -0.15) is 0 Å². The van der Waals surface area contributed by atoms with E-state index in [4.69, 9.17) is 0 Å². The summed E-state index contributed by atoms with van der Waals surface area (Å²) in [6.07, 6.45) is 0.812. The summed E-state index contributed by atoms with van der Waals surface area (Å²) in [5, 5.41) is 2.94. The third-order valence-corrected chi connectivity index (χ3v) is 7.05. The smallest absolute Gasteiger partial charge is 0.271 e. The zero-order valence-electron chi connectivity index (χ0n) is 13.6. The molecule has 1 heterocycles. The molecule has 0 fully saturated rings. The van der Waals surface area contributed by atoms with E-state index < -0.39 is 10.0 Å². The van der Waals surface area contributed by atoms with Crippen molar-refractivity contribution in [3.05, 3.63) is 45.7 Å². The molecular weight excluding hydrogens is 412 g/mol. The molecule has 0 bridgehead atoms. The van der Waals surface area contributed by atoms with Crippen molar-refractivity contribution < 1.29 is 13.2 Å². The number of benzene rings is 1. The summed E-state index contributed by atoms with van der Waals surface area (Å²) < 4.78 is 28.0. The van der Waals surface area contributed by atoms with Crippen LogP contribution in [-0.4, -0.2) is 19.9 Å². The van der Waals surface area contributed by atoms with Crippen LogP contribution in [0.25, 0.3) is 0 Å². The fourth-order valence-corrected chi connectivity index (χ4v) is 4.87. The van der Waals surface area contributed by atoms with Gasteiger partial charge in [0.1, 0.15) is 4.21 Å². The second kappa shape index (κ2) is 7.25. The van der Waals surface area contributed by atoms with E-state index in [2.05, 4.69) is 26.0 Å². The molecule has 2 aromatic rings. The molecule has 1 aromatic heterocycles. The van der Waals surface area contributed by atoms with Gasteiger partial charge in [-0.05, 0) is 72.6 Å². The predicted octanol–water partition coefficient (Wildman–Crippen LogP) is 4.23. The Morgan fingerprint density at radius 2 is 1.79 bits per heavy atom. The Bertz CT molecular complexity index is 827. The Kier molecular flexibility index (Phi) is 5.72. The van der Waals surface area contributed by atoms with Gasteiger partial charge in [-0.3, -0.25) is 9.52 Å². The third kappa shape index (κ3) is 4.81. The van der Waals surface area contributed by atoms with Crippen LogP contribution in [-0.2, 0) is 10.0 Å². The summed E-state index contributed by atoms with van der Waals surface area (Å²) in [5.74, 6) is -0.182. The van der Waals surface area contributed by atoms with Gasteiger partial charge in [0.05, 0.1) is 3.79 Å². The van der Waals surface area contributed by atoms with E-state index in [9.17, 15) is 13.2 Å². The van der Waals surface area contributed by atoms with Gasteiger partial charge in [-0.1, -0.05) is 6.92 Å². The summed E-state index contributed by atoms with van der Waals surface area (Å²) in [6, 6.07) is 9.57. The average Bonchev–Trinajstić information content (AvgIpc) is 2.95. The summed E-state index contributed by atoms with van der Waals surface area (Å²) in [6.45, 7) is 5.90. The summed E-state index contributed by atoms with van der Waals surface area (Å²) in [7, 11) is -3.62. The van der Waals surface area contributed by atoms with Crippen LogP contribution in [0.5, 0.6) is 0 Å². The predicted molar refractivity (Wildman–Crippen MR) is 101 cm³/mol. The molecule has 0 aliphatic carbocycles. The number of halogens is 1. The fourth-order valence-electron chi connectivity index (χ4n) is 1.81. The second-order valence-electron chi connectivity index (χ2n) is 5.93. The highest BCUT2D eigenvalue weighted by atomic mass is 79.9. The first-order valence-corrected chi connectivity index (χ1v) is 10.4. The van der Waals surface area contributed by atoms with E-state index in [0.717, 1.165) is 21.5 Å². The van der Waals surface area contributed by atoms with Gasteiger partial charge in [0.15, 0.2) is 0 Å². The number of amides is 1. The molecule has 2 N–H and O–H groups in total. The molecule has 0 spiro atoms. The number of anilines is 1. The first-order valence-electron chi connectivity index (χ1n) is 7.34. The molecule has 0 aliphatic rings. The normalized spacial score (nSPS) is 12.0. The highest BCUT2D eigenvalue weighted by Crippen LogP contribution is 2.27. The number of hydrogen-bond acceptors (Lipinski definition) is 4. The van der Waals surface area contributed by atoms with Crippen LogP contribution < -0.4 is 10.0 Å². The first kappa shape index (κ1) is 19.0. The van der Waals surface area contributed by atoms with Crippen LogP contribution in [0, 0.1) is 0 Å². The minimum absolute atomic E-state index is 0.182. The lowest BCUT2D eigenvalue weighted by molar-refractivity contribution is 0.0911. The topological polar surface area (TPSA) is 75.3 Å². The Morgan fingerprint density at radius 1 is 1.17 bits per heavy atom. The lowest BCUT2D eigenvalue weighted by Gasteiger charge is -2.24. The largest absolute Gasteiger partial charge is 0.347 e. The molecule has 0 aliphatic heterocycles. The van der Waals surface area contributed by atoms with Crippen LogP contribution in [0.2, 0.25) is 0 Å². The fraction of sp³-hybridized carbons (Fsp3) is 0.312. The van der Waals surface area contributed by atoms with E-state index >= 15 is 0 Å². The highest BCUT2D eigenvalue weighted by molar-refractivity contribution is 9.11. The molecule has 5 nitrogen and oxygen atoms in total. The van der Waals surface area contributed by atoms with E-state index in [1.165, 1.54) is 6.07 Å². The van der Waals surface area contributed by atoms with E-state index in [1.54, 1.807) is 30.3 Å². The zero-order valence-corrected chi connectivity index (χ0v) is 16.8. The monoisotopic (exact) mass is 430 g/mol. The standard InChI is InChI=1S/C16H19BrN2O3S2/c1-4-16(2,3)18-15(20)11-5-7-12(8-6-11)19-24(21,22)14-10-9-13(17)23-14/h5-10,19H,4H2,1-3H3,(H,18,20). The molecule has 0 radical (unpaired) electrons. The summed E-state index contributed by atoms with van der Waals surface area (Å²) >= 11 is 4.38. The number of thiophene rings is 1. The van der Waals surface area contributed by atoms with Gasteiger partial charge < -0.3 is 5.32 Å². The molecular formula is C16H19BrN2O3S2. The van der Waals surface area contributed by atoms with Crippen LogP contribution in [0.3, 0.4) is 0 Å². The zero-order chi connectivity index (χ0) is 18.0. The lowest BCUT2D eigenvalue weighted by Crippen LogP contribution is -2.42. The van der Waals surface area contributed by atoms with E-state index in [0.29, 0.717) is 11.3 Å². The van der Waals surface area contributed by atoms with Crippen molar-refractivity contribution in [1.82, 2.24) is 5.32 Å². The Balaban J connectivity index is 2.11. The lowest BCUT2D eigenvalue weighted by atomic mass is 10.0. The number of hydrogen-bond donors (Lipinski definition) is 2. The van der Waals surface area contributed by atoms with Gasteiger partial charge in [0.25, 0.3) is 15.9 Å². The van der Waals surface area contributed by atoms with Crippen molar-refractivity contribution >= 4 is 48.9 Å². The van der Waals surface area contributed by atoms with Crippen molar-refractivity contribution in [2.75, 3.05) is 4.72 Å². The molecule has 8 heteroatoms. The van der Waals surface area contributed by atoms with Crippen LogP contribution in [0.4, 0.5) is 5.69 Å². The van der Waals surface area contributed by atoms with Crippen molar-refractivity contribution in [3.8, 4) is 0 Å². The highest BCUT2D eigenvalue weighted by Gasteiger charge is 2.19. The molecule has 1 aromatic carbocycles. The number of rotatable bonds is 6. The Labute approximate surface area is 154 Å². The molecule has 0 saturated carbocycles. The summed E-state index contributed by atoms with van der Waals surface area (Å²) in [5.41, 5.74) is 0.605. The SMILES string of the molecule is CCC(C)(C)NC(=O)c1ccc(NS(=O)(=O)c2ccc(Br)s2)cc1. The second-order valence-corrected chi connectivity index (χ2v) is 10.3.